The maximum atomic E-state index is 5.48. The van der Waals surface area contributed by atoms with Crippen LogP contribution in [0.1, 0.15) is 24.2 Å². The van der Waals surface area contributed by atoms with E-state index in [4.69, 9.17) is 12.2 Å². The maximum absolute atomic E-state index is 5.48. The fraction of sp³-hybridized carbons (Fsp3) is 0.333. The number of aryl methyl sites for hydroxylation is 2. The fourth-order valence-corrected chi connectivity index (χ4v) is 3.16. The van der Waals surface area contributed by atoms with Gasteiger partial charge in [-0.2, -0.15) is 5.10 Å². The Morgan fingerprint density at radius 2 is 2.00 bits per heavy atom. The molecule has 0 aliphatic heterocycles. The van der Waals surface area contributed by atoms with Gasteiger partial charge in [-0.25, -0.2) is 0 Å². The number of fused-ring (bicyclic) bond motifs is 1. The average molecular weight is 286 g/mol. The summed E-state index contributed by atoms with van der Waals surface area (Å²) in [5.41, 5.74) is 4.41. The Labute approximate surface area is 123 Å². The van der Waals surface area contributed by atoms with E-state index >= 15 is 0 Å². The number of rotatable bonds is 3. The van der Waals surface area contributed by atoms with Crippen molar-refractivity contribution in [3.8, 4) is 0 Å². The first kappa shape index (κ1) is 13.1. The van der Waals surface area contributed by atoms with Crippen molar-refractivity contribution in [1.29, 1.82) is 0 Å². The van der Waals surface area contributed by atoms with Crippen molar-refractivity contribution in [1.82, 2.24) is 19.3 Å². The van der Waals surface area contributed by atoms with Crippen molar-refractivity contribution in [2.75, 3.05) is 0 Å². The van der Waals surface area contributed by atoms with Crippen LogP contribution in [0.5, 0.6) is 0 Å². The standard InChI is InChI=1S/C15H18N4S/c1-10(9-12-7-5-4-6-8-12)19-14-13(16-15(19)20)11(2)17-18(14)3/h4-8,10H,9H2,1-3H3,(H,16,20). The van der Waals surface area contributed by atoms with Crippen molar-refractivity contribution in [2.24, 2.45) is 7.05 Å². The molecule has 0 bridgehead atoms. The molecule has 2 heterocycles. The Balaban J connectivity index is 2.05. The Hall–Kier alpha value is -1.88. The molecule has 0 spiro atoms. The topological polar surface area (TPSA) is 38.5 Å². The van der Waals surface area contributed by atoms with Gasteiger partial charge < -0.3 is 4.98 Å². The zero-order valence-corrected chi connectivity index (χ0v) is 12.7. The van der Waals surface area contributed by atoms with Crippen molar-refractivity contribution in [3.05, 3.63) is 46.4 Å². The first-order valence-electron chi connectivity index (χ1n) is 6.75. The summed E-state index contributed by atoms with van der Waals surface area (Å²) in [6.07, 6.45) is 0.951. The van der Waals surface area contributed by atoms with Gasteiger partial charge in [0.05, 0.1) is 5.69 Å². The number of hydrogen-bond acceptors (Lipinski definition) is 2. The molecule has 5 heteroatoms. The lowest BCUT2D eigenvalue weighted by Gasteiger charge is -2.14. The van der Waals surface area contributed by atoms with E-state index in [1.54, 1.807) is 0 Å². The molecule has 104 valence electrons. The van der Waals surface area contributed by atoms with Crippen molar-refractivity contribution < 1.29 is 0 Å². The van der Waals surface area contributed by atoms with Crippen LogP contribution >= 0.6 is 12.2 Å². The van der Waals surface area contributed by atoms with E-state index in [1.807, 2.05) is 24.7 Å². The van der Waals surface area contributed by atoms with Crippen LogP contribution in [0.15, 0.2) is 30.3 Å². The molecular weight excluding hydrogens is 268 g/mol. The minimum absolute atomic E-state index is 0.286. The van der Waals surface area contributed by atoms with Crippen LogP contribution < -0.4 is 0 Å². The molecule has 0 aliphatic carbocycles. The van der Waals surface area contributed by atoms with Gasteiger partial charge in [0.15, 0.2) is 10.4 Å². The van der Waals surface area contributed by atoms with Gasteiger partial charge in [-0.3, -0.25) is 9.25 Å². The van der Waals surface area contributed by atoms with Crippen molar-refractivity contribution in [3.63, 3.8) is 0 Å². The number of hydrogen-bond donors (Lipinski definition) is 1. The van der Waals surface area contributed by atoms with E-state index in [2.05, 4.69) is 45.8 Å². The molecule has 1 unspecified atom stereocenters. The minimum Gasteiger partial charge on any atom is -0.328 e. The zero-order chi connectivity index (χ0) is 14.3. The summed E-state index contributed by atoms with van der Waals surface area (Å²) in [5, 5.41) is 4.46. The van der Waals surface area contributed by atoms with Gasteiger partial charge in [-0.05, 0) is 38.0 Å². The quantitative estimate of drug-likeness (QED) is 0.748. The van der Waals surface area contributed by atoms with Crippen LogP contribution in [0.3, 0.4) is 0 Å². The molecule has 2 aromatic heterocycles. The lowest BCUT2D eigenvalue weighted by molar-refractivity contribution is 0.538. The first-order valence-corrected chi connectivity index (χ1v) is 7.16. The molecule has 3 rings (SSSR count). The highest BCUT2D eigenvalue weighted by atomic mass is 32.1. The highest BCUT2D eigenvalue weighted by Gasteiger charge is 2.17. The van der Waals surface area contributed by atoms with E-state index in [1.165, 1.54) is 5.56 Å². The fourth-order valence-electron chi connectivity index (χ4n) is 2.79. The van der Waals surface area contributed by atoms with Gasteiger partial charge in [0.2, 0.25) is 0 Å². The summed E-state index contributed by atoms with van der Waals surface area (Å²) in [6.45, 7) is 4.19. The molecule has 0 aliphatic rings. The van der Waals surface area contributed by atoms with Crippen LogP contribution in [0.2, 0.25) is 0 Å². The summed E-state index contributed by atoms with van der Waals surface area (Å²) in [6, 6.07) is 10.8. The second-order valence-corrected chi connectivity index (χ2v) is 5.63. The van der Waals surface area contributed by atoms with Crippen LogP contribution in [0.4, 0.5) is 0 Å². The molecule has 0 radical (unpaired) electrons. The third-order valence-electron chi connectivity index (χ3n) is 3.69. The lowest BCUT2D eigenvalue weighted by atomic mass is 10.1. The minimum atomic E-state index is 0.286. The van der Waals surface area contributed by atoms with Gasteiger partial charge in [0.25, 0.3) is 0 Å². The van der Waals surface area contributed by atoms with Gasteiger partial charge in [-0.1, -0.05) is 30.3 Å². The number of H-pyrrole nitrogens is 1. The molecular formula is C15H18N4S. The normalized spacial score (nSPS) is 12.9. The summed E-state index contributed by atoms with van der Waals surface area (Å²) >= 11 is 5.48. The predicted octanol–water partition coefficient (Wildman–Crippen LogP) is 3.54. The summed E-state index contributed by atoms with van der Waals surface area (Å²) < 4.78 is 4.83. The number of benzene rings is 1. The first-order chi connectivity index (χ1) is 9.58. The van der Waals surface area contributed by atoms with E-state index < -0.39 is 0 Å². The number of aromatic nitrogens is 4. The molecule has 3 aromatic rings. The molecule has 4 nitrogen and oxygen atoms in total. The molecule has 1 aromatic carbocycles. The molecule has 0 saturated carbocycles. The van der Waals surface area contributed by atoms with E-state index in [0.717, 1.165) is 28.0 Å². The predicted molar refractivity (Wildman–Crippen MR) is 83.5 cm³/mol. The van der Waals surface area contributed by atoms with Crippen LogP contribution in [-0.4, -0.2) is 19.3 Å². The van der Waals surface area contributed by atoms with Gasteiger partial charge in [0, 0.05) is 13.1 Å². The van der Waals surface area contributed by atoms with Crippen LogP contribution in [0.25, 0.3) is 11.2 Å². The number of nitrogens with zero attached hydrogens (tertiary/aromatic N) is 3. The van der Waals surface area contributed by atoms with Crippen molar-refractivity contribution in [2.45, 2.75) is 26.3 Å². The molecule has 1 atom stereocenters. The number of nitrogens with one attached hydrogen (secondary N) is 1. The van der Waals surface area contributed by atoms with Crippen molar-refractivity contribution >= 4 is 23.4 Å². The van der Waals surface area contributed by atoms with E-state index in [0.29, 0.717) is 0 Å². The number of imidazole rings is 1. The largest absolute Gasteiger partial charge is 0.328 e. The van der Waals surface area contributed by atoms with E-state index in [9.17, 15) is 0 Å². The Bertz CT molecular complexity index is 794. The van der Waals surface area contributed by atoms with Gasteiger partial charge in [0.1, 0.15) is 5.52 Å². The highest BCUT2D eigenvalue weighted by Crippen LogP contribution is 2.23. The lowest BCUT2D eigenvalue weighted by Crippen LogP contribution is -2.11. The monoisotopic (exact) mass is 286 g/mol. The van der Waals surface area contributed by atoms with Gasteiger partial charge >= 0.3 is 0 Å². The Morgan fingerprint density at radius 1 is 1.30 bits per heavy atom. The maximum Gasteiger partial charge on any atom is 0.179 e. The summed E-state index contributed by atoms with van der Waals surface area (Å²) in [7, 11) is 1.96. The zero-order valence-electron chi connectivity index (χ0n) is 11.9. The molecule has 0 amide bonds. The second-order valence-electron chi connectivity index (χ2n) is 5.25. The van der Waals surface area contributed by atoms with Gasteiger partial charge in [-0.15, -0.1) is 0 Å². The third-order valence-corrected chi connectivity index (χ3v) is 3.98. The Morgan fingerprint density at radius 3 is 2.70 bits per heavy atom. The van der Waals surface area contributed by atoms with Crippen LogP contribution in [0, 0.1) is 11.7 Å². The second kappa shape index (κ2) is 4.90. The smallest absolute Gasteiger partial charge is 0.179 e. The number of aromatic amines is 1. The van der Waals surface area contributed by atoms with E-state index in [-0.39, 0.29) is 6.04 Å². The Kier molecular flexibility index (Phi) is 3.22. The molecule has 0 saturated heterocycles. The SMILES string of the molecule is Cc1nn(C)c2c1[nH]c(=S)n2C(C)Cc1ccccc1. The summed E-state index contributed by atoms with van der Waals surface area (Å²) in [4.78, 5) is 3.28. The molecule has 0 fully saturated rings. The average Bonchev–Trinajstić information content (AvgIpc) is 2.89. The highest BCUT2D eigenvalue weighted by molar-refractivity contribution is 7.71. The van der Waals surface area contributed by atoms with Crippen LogP contribution in [-0.2, 0) is 13.5 Å². The molecule has 20 heavy (non-hydrogen) atoms. The molecule has 1 N–H and O–H groups in total. The summed E-state index contributed by atoms with van der Waals surface area (Å²) in [5.74, 6) is 0. The third kappa shape index (κ3) is 2.08.